The van der Waals surface area contributed by atoms with Gasteiger partial charge in [-0.05, 0) is 31.5 Å². The summed E-state index contributed by atoms with van der Waals surface area (Å²) in [6, 6.07) is 4.57. The van der Waals surface area contributed by atoms with E-state index in [0.717, 1.165) is 12.1 Å². The van der Waals surface area contributed by atoms with Gasteiger partial charge >= 0.3 is 6.18 Å². The van der Waals surface area contributed by atoms with Gasteiger partial charge in [-0.25, -0.2) is 0 Å². The number of ether oxygens (including phenoxy) is 1. The number of nitrogens with two attached hydrogens (primary N) is 1. The summed E-state index contributed by atoms with van der Waals surface area (Å²) < 4.78 is 42.6. The molecule has 126 valence electrons. The number of rotatable bonds is 7. The maximum absolute atomic E-state index is 12.5. The van der Waals surface area contributed by atoms with E-state index in [1.807, 2.05) is 6.92 Å². The lowest BCUT2D eigenvalue weighted by Gasteiger charge is -2.11. The lowest BCUT2D eigenvalue weighted by Crippen LogP contribution is -2.29. The summed E-state index contributed by atoms with van der Waals surface area (Å²) in [6.07, 6.45) is -3.49. The molecule has 22 heavy (non-hydrogen) atoms. The molecule has 3 N–H and O–H groups in total. The minimum atomic E-state index is -4.40. The fourth-order valence-electron chi connectivity index (χ4n) is 1.57. The smallest absolute Gasteiger partial charge is 0.416 e. The highest BCUT2D eigenvalue weighted by molar-refractivity contribution is 5.85. The third kappa shape index (κ3) is 8.09. The summed E-state index contributed by atoms with van der Waals surface area (Å²) in [4.78, 5) is 11.4. The van der Waals surface area contributed by atoms with Crippen molar-refractivity contribution in [2.45, 2.75) is 32.0 Å². The second kappa shape index (κ2) is 9.53. The van der Waals surface area contributed by atoms with E-state index < -0.39 is 11.7 Å². The van der Waals surface area contributed by atoms with Crippen LogP contribution >= 0.6 is 12.4 Å². The average molecular weight is 341 g/mol. The number of benzene rings is 1. The van der Waals surface area contributed by atoms with Crippen LogP contribution in [0, 0.1) is 0 Å². The number of amides is 1. The van der Waals surface area contributed by atoms with Crippen LogP contribution in [-0.2, 0) is 11.0 Å². The molecule has 1 unspecified atom stereocenters. The van der Waals surface area contributed by atoms with E-state index in [2.05, 4.69) is 5.32 Å². The van der Waals surface area contributed by atoms with Crippen molar-refractivity contribution in [1.82, 2.24) is 5.32 Å². The Morgan fingerprint density at radius 1 is 1.41 bits per heavy atom. The second-order valence-electron chi connectivity index (χ2n) is 4.74. The third-order valence-corrected chi connectivity index (χ3v) is 2.68. The van der Waals surface area contributed by atoms with E-state index in [1.165, 1.54) is 12.1 Å². The first-order valence-electron chi connectivity index (χ1n) is 6.61. The van der Waals surface area contributed by atoms with Crippen LogP contribution in [0.2, 0.25) is 0 Å². The Balaban J connectivity index is 0.00000441. The molecular weight excluding hydrogens is 321 g/mol. The van der Waals surface area contributed by atoms with Gasteiger partial charge in [0, 0.05) is 12.5 Å². The zero-order chi connectivity index (χ0) is 15.9. The molecule has 1 aromatic rings. The Labute approximate surface area is 133 Å². The molecular formula is C14H20ClF3N2O2. The highest BCUT2D eigenvalue weighted by Gasteiger charge is 2.30. The van der Waals surface area contributed by atoms with Crippen molar-refractivity contribution in [3.05, 3.63) is 29.8 Å². The average Bonchev–Trinajstić information content (AvgIpc) is 2.41. The Kier molecular flexibility index (Phi) is 8.89. The van der Waals surface area contributed by atoms with Gasteiger partial charge < -0.3 is 15.8 Å². The summed E-state index contributed by atoms with van der Waals surface area (Å²) in [5, 5.41) is 2.61. The fourth-order valence-corrected chi connectivity index (χ4v) is 1.57. The summed E-state index contributed by atoms with van der Waals surface area (Å²) >= 11 is 0. The predicted octanol–water partition coefficient (Wildman–Crippen LogP) is 2.75. The Hall–Kier alpha value is -1.47. The van der Waals surface area contributed by atoms with Crippen molar-refractivity contribution in [1.29, 1.82) is 0 Å². The molecule has 0 saturated heterocycles. The Bertz CT molecular complexity index is 468. The Morgan fingerprint density at radius 2 is 2.09 bits per heavy atom. The van der Waals surface area contributed by atoms with Gasteiger partial charge in [-0.2, -0.15) is 13.2 Å². The lowest BCUT2D eigenvalue weighted by atomic mass is 10.2. The van der Waals surface area contributed by atoms with Crippen LogP contribution < -0.4 is 15.8 Å². The van der Waals surface area contributed by atoms with Gasteiger partial charge in [0.15, 0.2) is 0 Å². The predicted molar refractivity (Wildman–Crippen MR) is 80.1 cm³/mol. The summed E-state index contributed by atoms with van der Waals surface area (Å²) in [5.41, 5.74) is 4.76. The summed E-state index contributed by atoms with van der Waals surface area (Å²) in [7, 11) is 0. The van der Waals surface area contributed by atoms with Crippen molar-refractivity contribution < 1.29 is 22.7 Å². The number of hydrogen-bond donors (Lipinski definition) is 2. The van der Waals surface area contributed by atoms with Gasteiger partial charge in [0.05, 0.1) is 12.1 Å². The molecule has 0 aliphatic rings. The molecule has 1 aromatic carbocycles. The van der Waals surface area contributed by atoms with E-state index in [1.54, 1.807) is 0 Å². The van der Waals surface area contributed by atoms with Crippen molar-refractivity contribution in [3.8, 4) is 5.75 Å². The molecule has 0 heterocycles. The monoisotopic (exact) mass is 340 g/mol. The SMILES string of the molecule is CC(N)CCC(=O)NCCOc1cccc(C(F)(F)F)c1.Cl. The van der Waals surface area contributed by atoms with Gasteiger partial charge in [0.25, 0.3) is 0 Å². The van der Waals surface area contributed by atoms with Crippen LogP contribution in [-0.4, -0.2) is 25.1 Å². The normalized spacial score (nSPS) is 12.2. The van der Waals surface area contributed by atoms with E-state index >= 15 is 0 Å². The number of carbonyl (C=O) groups is 1. The van der Waals surface area contributed by atoms with Crippen molar-refractivity contribution in [2.24, 2.45) is 5.73 Å². The molecule has 0 saturated carbocycles. The van der Waals surface area contributed by atoms with Crippen LogP contribution in [0.1, 0.15) is 25.3 Å². The molecule has 0 spiro atoms. The fraction of sp³-hybridized carbons (Fsp3) is 0.500. The van der Waals surface area contributed by atoms with Crippen LogP contribution in [0.5, 0.6) is 5.75 Å². The van der Waals surface area contributed by atoms with Gasteiger partial charge in [-0.3, -0.25) is 4.79 Å². The van der Waals surface area contributed by atoms with Gasteiger partial charge in [-0.15, -0.1) is 12.4 Å². The maximum Gasteiger partial charge on any atom is 0.416 e. The van der Waals surface area contributed by atoms with E-state index in [9.17, 15) is 18.0 Å². The molecule has 4 nitrogen and oxygen atoms in total. The van der Waals surface area contributed by atoms with Crippen LogP contribution in [0.15, 0.2) is 24.3 Å². The van der Waals surface area contributed by atoms with Crippen molar-refractivity contribution in [2.75, 3.05) is 13.2 Å². The van der Waals surface area contributed by atoms with Gasteiger partial charge in [0.1, 0.15) is 12.4 Å². The van der Waals surface area contributed by atoms with Crippen LogP contribution in [0.4, 0.5) is 13.2 Å². The first-order valence-corrected chi connectivity index (χ1v) is 6.61. The minimum Gasteiger partial charge on any atom is -0.492 e. The minimum absolute atomic E-state index is 0. The zero-order valence-electron chi connectivity index (χ0n) is 12.2. The molecule has 0 radical (unpaired) electrons. The molecule has 1 amide bonds. The molecule has 0 aromatic heterocycles. The number of alkyl halides is 3. The third-order valence-electron chi connectivity index (χ3n) is 2.68. The number of halogens is 4. The lowest BCUT2D eigenvalue weighted by molar-refractivity contribution is -0.137. The standard InChI is InChI=1S/C14H19F3N2O2.ClH/c1-10(18)5-6-13(20)19-7-8-21-12-4-2-3-11(9-12)14(15,16)17;/h2-4,9-10H,5-8,18H2,1H3,(H,19,20);1H. The second-order valence-corrected chi connectivity index (χ2v) is 4.74. The summed E-state index contributed by atoms with van der Waals surface area (Å²) in [6.45, 7) is 2.14. The maximum atomic E-state index is 12.5. The molecule has 0 bridgehead atoms. The van der Waals surface area contributed by atoms with Crippen molar-refractivity contribution >= 4 is 18.3 Å². The first kappa shape index (κ1) is 20.5. The van der Waals surface area contributed by atoms with E-state index in [0.29, 0.717) is 12.8 Å². The van der Waals surface area contributed by atoms with Crippen LogP contribution in [0.25, 0.3) is 0 Å². The largest absolute Gasteiger partial charge is 0.492 e. The quantitative estimate of drug-likeness (QED) is 0.750. The highest BCUT2D eigenvalue weighted by Crippen LogP contribution is 2.31. The first-order chi connectivity index (χ1) is 9.79. The number of carbonyl (C=O) groups excluding carboxylic acids is 1. The number of nitrogens with one attached hydrogen (secondary N) is 1. The van der Waals surface area contributed by atoms with E-state index in [-0.39, 0.29) is 43.3 Å². The topological polar surface area (TPSA) is 64.4 Å². The van der Waals surface area contributed by atoms with Gasteiger partial charge in [-0.1, -0.05) is 6.07 Å². The number of hydrogen-bond acceptors (Lipinski definition) is 3. The van der Waals surface area contributed by atoms with Crippen molar-refractivity contribution in [3.63, 3.8) is 0 Å². The molecule has 8 heteroatoms. The van der Waals surface area contributed by atoms with Crippen LogP contribution in [0.3, 0.4) is 0 Å². The molecule has 0 fully saturated rings. The summed E-state index contributed by atoms with van der Waals surface area (Å²) in [5.74, 6) is -0.0328. The molecule has 0 aliphatic heterocycles. The zero-order valence-corrected chi connectivity index (χ0v) is 13.0. The molecule has 1 atom stereocenters. The van der Waals surface area contributed by atoms with E-state index in [4.69, 9.17) is 10.5 Å². The van der Waals surface area contributed by atoms with Gasteiger partial charge in [0.2, 0.25) is 5.91 Å². The highest BCUT2D eigenvalue weighted by atomic mass is 35.5. The molecule has 1 rings (SSSR count). The molecule has 0 aliphatic carbocycles. The Morgan fingerprint density at radius 3 is 2.68 bits per heavy atom.